The van der Waals surface area contributed by atoms with Crippen LogP contribution in [0.3, 0.4) is 0 Å². The minimum absolute atomic E-state index is 0.114. The van der Waals surface area contributed by atoms with Crippen molar-refractivity contribution in [1.82, 2.24) is 4.90 Å². The van der Waals surface area contributed by atoms with Gasteiger partial charge in [0.2, 0.25) is 0 Å². The van der Waals surface area contributed by atoms with E-state index >= 15 is 0 Å². The van der Waals surface area contributed by atoms with Crippen molar-refractivity contribution in [2.75, 3.05) is 26.8 Å². The van der Waals surface area contributed by atoms with Crippen LogP contribution in [-0.4, -0.2) is 54.1 Å². The number of hydrogen-bond acceptors (Lipinski definition) is 4. The van der Waals surface area contributed by atoms with Crippen LogP contribution in [0.4, 0.5) is 0 Å². The molecule has 126 valence electrons. The zero-order chi connectivity index (χ0) is 16.0. The third-order valence-electron chi connectivity index (χ3n) is 6.27. The van der Waals surface area contributed by atoms with E-state index in [-0.39, 0.29) is 18.1 Å². The van der Waals surface area contributed by atoms with Gasteiger partial charge in [-0.3, -0.25) is 4.90 Å². The molecule has 1 aliphatic heterocycles. The van der Waals surface area contributed by atoms with E-state index in [4.69, 9.17) is 4.74 Å². The Morgan fingerprint density at radius 2 is 2.17 bits per heavy atom. The molecule has 0 aromatic heterocycles. The summed E-state index contributed by atoms with van der Waals surface area (Å²) < 4.78 is 5.40. The molecule has 2 bridgehead atoms. The first kappa shape index (κ1) is 15.4. The number of methoxy groups -OCH3 is 1. The highest BCUT2D eigenvalue weighted by molar-refractivity contribution is 5.45. The monoisotopic (exact) mass is 317 g/mol. The summed E-state index contributed by atoms with van der Waals surface area (Å²) in [6.45, 7) is 2.26. The van der Waals surface area contributed by atoms with Crippen LogP contribution in [0.2, 0.25) is 0 Å². The molecule has 4 heteroatoms. The van der Waals surface area contributed by atoms with E-state index in [0.29, 0.717) is 6.42 Å². The molecule has 1 saturated heterocycles. The fourth-order valence-electron chi connectivity index (χ4n) is 4.77. The van der Waals surface area contributed by atoms with Crippen LogP contribution in [0.5, 0.6) is 5.75 Å². The third kappa shape index (κ3) is 2.48. The van der Waals surface area contributed by atoms with Crippen molar-refractivity contribution in [1.29, 1.82) is 0 Å². The van der Waals surface area contributed by atoms with Gasteiger partial charge in [-0.15, -0.1) is 0 Å². The Hall–Kier alpha value is -1.10. The highest BCUT2D eigenvalue weighted by atomic mass is 16.5. The second kappa shape index (κ2) is 5.76. The lowest BCUT2D eigenvalue weighted by Crippen LogP contribution is -2.63. The van der Waals surface area contributed by atoms with Gasteiger partial charge in [-0.2, -0.15) is 0 Å². The lowest BCUT2D eigenvalue weighted by Gasteiger charge is -2.55. The van der Waals surface area contributed by atoms with Crippen molar-refractivity contribution >= 4 is 0 Å². The molecule has 1 heterocycles. The number of benzene rings is 1. The zero-order valence-electron chi connectivity index (χ0n) is 13.9. The van der Waals surface area contributed by atoms with E-state index in [9.17, 15) is 10.2 Å². The lowest BCUT2D eigenvalue weighted by molar-refractivity contribution is -0.0666. The SMILES string of the molecule is COc1ccc2c(c1)[C@@]1(CCO)CCN(CC3CC3)[C@H](C2)[C@@H]1O. The van der Waals surface area contributed by atoms with Gasteiger partial charge >= 0.3 is 0 Å². The van der Waals surface area contributed by atoms with Gasteiger partial charge in [0.25, 0.3) is 0 Å². The van der Waals surface area contributed by atoms with E-state index in [2.05, 4.69) is 17.0 Å². The Balaban J connectivity index is 1.73. The molecule has 1 aromatic rings. The third-order valence-corrected chi connectivity index (χ3v) is 6.27. The minimum Gasteiger partial charge on any atom is -0.497 e. The van der Waals surface area contributed by atoms with Crippen LogP contribution < -0.4 is 4.74 Å². The summed E-state index contributed by atoms with van der Waals surface area (Å²) in [4.78, 5) is 2.51. The topological polar surface area (TPSA) is 52.9 Å². The number of rotatable bonds is 5. The summed E-state index contributed by atoms with van der Waals surface area (Å²) >= 11 is 0. The Kier molecular flexibility index (Phi) is 3.87. The summed E-state index contributed by atoms with van der Waals surface area (Å²) in [6, 6.07) is 6.45. The van der Waals surface area contributed by atoms with E-state index in [0.717, 1.165) is 37.6 Å². The predicted octanol–water partition coefficient (Wildman–Crippen LogP) is 1.72. The molecule has 1 saturated carbocycles. The minimum atomic E-state index is -0.401. The van der Waals surface area contributed by atoms with Gasteiger partial charge in [0.1, 0.15) is 5.75 Å². The van der Waals surface area contributed by atoms with Crippen molar-refractivity contribution in [3.8, 4) is 5.75 Å². The largest absolute Gasteiger partial charge is 0.497 e. The average Bonchev–Trinajstić information content (AvgIpc) is 3.37. The average molecular weight is 317 g/mol. The molecule has 2 aliphatic carbocycles. The Labute approximate surface area is 138 Å². The number of ether oxygens (including phenoxy) is 1. The van der Waals surface area contributed by atoms with Crippen molar-refractivity contribution in [2.45, 2.75) is 49.7 Å². The Morgan fingerprint density at radius 3 is 2.87 bits per heavy atom. The molecule has 0 spiro atoms. The molecule has 4 rings (SSSR count). The van der Waals surface area contributed by atoms with Gasteiger partial charge in [-0.05, 0) is 67.8 Å². The van der Waals surface area contributed by atoms with Crippen LogP contribution in [-0.2, 0) is 11.8 Å². The Morgan fingerprint density at radius 1 is 1.35 bits per heavy atom. The van der Waals surface area contributed by atoms with E-state index in [1.54, 1.807) is 7.11 Å². The van der Waals surface area contributed by atoms with Crippen molar-refractivity contribution in [3.05, 3.63) is 29.3 Å². The highest BCUT2D eigenvalue weighted by Crippen LogP contribution is 2.49. The van der Waals surface area contributed by atoms with Gasteiger partial charge in [0.05, 0.1) is 13.2 Å². The lowest BCUT2D eigenvalue weighted by atomic mass is 9.60. The normalized spacial score (nSPS) is 33.3. The maximum atomic E-state index is 11.2. The molecular weight excluding hydrogens is 290 g/mol. The quantitative estimate of drug-likeness (QED) is 0.868. The van der Waals surface area contributed by atoms with Crippen LogP contribution in [0.1, 0.15) is 36.8 Å². The second-order valence-corrected chi connectivity index (χ2v) is 7.56. The Bertz CT molecular complexity index is 586. The zero-order valence-corrected chi connectivity index (χ0v) is 13.9. The van der Waals surface area contributed by atoms with Crippen LogP contribution >= 0.6 is 0 Å². The van der Waals surface area contributed by atoms with Gasteiger partial charge in [-0.25, -0.2) is 0 Å². The van der Waals surface area contributed by atoms with Gasteiger partial charge in [-0.1, -0.05) is 6.07 Å². The first-order chi connectivity index (χ1) is 11.2. The van der Waals surface area contributed by atoms with E-state index in [1.165, 1.54) is 24.0 Å². The molecule has 23 heavy (non-hydrogen) atoms. The maximum Gasteiger partial charge on any atom is 0.119 e. The first-order valence-electron chi connectivity index (χ1n) is 8.88. The van der Waals surface area contributed by atoms with Gasteiger partial charge in [0.15, 0.2) is 0 Å². The molecule has 4 nitrogen and oxygen atoms in total. The number of nitrogens with zero attached hydrogens (tertiary/aromatic N) is 1. The second-order valence-electron chi connectivity index (χ2n) is 7.56. The van der Waals surface area contributed by atoms with Crippen LogP contribution in [0.15, 0.2) is 18.2 Å². The summed E-state index contributed by atoms with van der Waals surface area (Å²) in [7, 11) is 1.68. The molecule has 1 aromatic carbocycles. The molecule has 0 radical (unpaired) electrons. The number of hydrogen-bond donors (Lipinski definition) is 2. The fraction of sp³-hybridized carbons (Fsp3) is 0.684. The number of fused-ring (bicyclic) bond motifs is 4. The molecule has 2 fully saturated rings. The maximum absolute atomic E-state index is 11.2. The van der Waals surface area contributed by atoms with E-state index < -0.39 is 6.10 Å². The fourth-order valence-corrected chi connectivity index (χ4v) is 4.77. The molecule has 0 unspecified atom stereocenters. The van der Waals surface area contributed by atoms with Crippen LogP contribution in [0, 0.1) is 5.92 Å². The summed E-state index contributed by atoms with van der Waals surface area (Å²) in [5.74, 6) is 1.68. The standard InChI is InChI=1S/C19H27NO3/c1-23-15-5-4-14-10-17-18(22)19(7-9-21,16(14)11-15)6-8-20(17)12-13-2-3-13/h4-5,11,13,17-18,21-22H,2-3,6-10,12H2,1H3/t17-,18+,19+/m1/s1. The molecular formula is C19H27NO3. The molecule has 3 atom stereocenters. The molecule has 3 aliphatic rings. The summed E-state index contributed by atoms with van der Waals surface area (Å²) in [5.41, 5.74) is 2.19. The smallest absolute Gasteiger partial charge is 0.119 e. The van der Waals surface area contributed by atoms with Gasteiger partial charge < -0.3 is 14.9 Å². The number of aliphatic hydroxyl groups excluding tert-OH is 2. The summed E-state index contributed by atoms with van der Waals surface area (Å²) in [6.07, 6.45) is 4.73. The number of piperidine rings is 1. The molecule has 2 N–H and O–H groups in total. The van der Waals surface area contributed by atoms with Crippen molar-refractivity contribution in [3.63, 3.8) is 0 Å². The summed E-state index contributed by atoms with van der Waals surface area (Å²) in [5, 5.41) is 20.9. The highest BCUT2D eigenvalue weighted by Gasteiger charge is 2.52. The van der Waals surface area contributed by atoms with Crippen molar-refractivity contribution in [2.24, 2.45) is 5.92 Å². The molecule has 0 amide bonds. The van der Waals surface area contributed by atoms with Crippen molar-refractivity contribution < 1.29 is 14.9 Å². The van der Waals surface area contributed by atoms with Gasteiger partial charge in [0, 0.05) is 24.6 Å². The first-order valence-corrected chi connectivity index (χ1v) is 8.88. The number of aliphatic hydroxyl groups is 2. The van der Waals surface area contributed by atoms with Crippen LogP contribution in [0.25, 0.3) is 0 Å². The predicted molar refractivity (Wildman–Crippen MR) is 88.8 cm³/mol. The number of likely N-dealkylation sites (tertiary alicyclic amines) is 1. The van der Waals surface area contributed by atoms with E-state index in [1.807, 2.05) is 6.07 Å².